The highest BCUT2D eigenvalue weighted by atomic mass is 32.2. The number of hydrogen-bond donors (Lipinski definition) is 1. The Labute approximate surface area is 108 Å². The summed E-state index contributed by atoms with van der Waals surface area (Å²) < 4.78 is 26.3. The number of nitrogen functional groups attached to an aromatic ring is 1. The molecule has 1 aromatic heterocycles. The van der Waals surface area contributed by atoms with Gasteiger partial charge in [-0.1, -0.05) is 0 Å². The van der Waals surface area contributed by atoms with E-state index in [2.05, 4.69) is 4.98 Å². The van der Waals surface area contributed by atoms with Gasteiger partial charge >= 0.3 is 0 Å². The van der Waals surface area contributed by atoms with Crippen molar-refractivity contribution in [1.82, 2.24) is 9.29 Å². The fourth-order valence-electron chi connectivity index (χ4n) is 1.96. The Kier molecular flexibility index (Phi) is 3.33. The van der Waals surface area contributed by atoms with Gasteiger partial charge in [0.2, 0.25) is 10.0 Å². The number of aromatic nitrogens is 1. The molecule has 0 spiro atoms. The van der Waals surface area contributed by atoms with Crippen molar-refractivity contribution in [2.24, 2.45) is 5.92 Å². The maximum Gasteiger partial charge on any atom is 0.244 e. The number of rotatable bonds is 4. The fourth-order valence-corrected chi connectivity index (χ4v) is 3.42. The van der Waals surface area contributed by atoms with Gasteiger partial charge in [-0.25, -0.2) is 13.4 Å². The van der Waals surface area contributed by atoms with Crippen molar-refractivity contribution in [2.75, 3.05) is 12.8 Å². The minimum atomic E-state index is -3.47. The summed E-state index contributed by atoms with van der Waals surface area (Å²) in [5.41, 5.74) is 6.29. The van der Waals surface area contributed by atoms with Crippen LogP contribution in [0.15, 0.2) is 17.2 Å². The third-order valence-corrected chi connectivity index (χ3v) is 5.56. The van der Waals surface area contributed by atoms with E-state index in [1.54, 1.807) is 20.0 Å². The van der Waals surface area contributed by atoms with Crippen LogP contribution in [0.2, 0.25) is 0 Å². The van der Waals surface area contributed by atoms with E-state index in [-0.39, 0.29) is 10.9 Å². The molecule has 1 atom stereocenters. The number of aryl methyl sites for hydroxylation is 1. The minimum Gasteiger partial charge on any atom is -0.383 e. The van der Waals surface area contributed by atoms with Crippen molar-refractivity contribution in [3.8, 4) is 0 Å². The first-order chi connectivity index (χ1) is 8.34. The van der Waals surface area contributed by atoms with E-state index in [0.717, 1.165) is 12.8 Å². The lowest BCUT2D eigenvalue weighted by atomic mass is 10.2. The van der Waals surface area contributed by atoms with Crippen LogP contribution < -0.4 is 5.73 Å². The van der Waals surface area contributed by atoms with Crippen molar-refractivity contribution >= 4 is 15.8 Å². The van der Waals surface area contributed by atoms with Gasteiger partial charge in [0.25, 0.3) is 0 Å². The average molecular weight is 269 g/mol. The number of pyridine rings is 1. The molecule has 1 aromatic rings. The molecule has 5 nitrogen and oxygen atoms in total. The second-order valence-electron chi connectivity index (χ2n) is 4.97. The molecule has 1 unspecified atom stereocenters. The second kappa shape index (κ2) is 4.51. The van der Waals surface area contributed by atoms with E-state index < -0.39 is 10.0 Å². The Bertz CT molecular complexity index is 552. The van der Waals surface area contributed by atoms with Crippen LogP contribution >= 0.6 is 0 Å². The van der Waals surface area contributed by atoms with Crippen LogP contribution in [0.3, 0.4) is 0 Å². The number of hydrogen-bond acceptors (Lipinski definition) is 4. The Morgan fingerprint density at radius 3 is 2.61 bits per heavy atom. The molecule has 6 heteroatoms. The van der Waals surface area contributed by atoms with Crippen LogP contribution in [0, 0.1) is 12.8 Å². The van der Waals surface area contributed by atoms with Crippen molar-refractivity contribution in [3.05, 3.63) is 17.8 Å². The van der Waals surface area contributed by atoms with Crippen LogP contribution in [-0.4, -0.2) is 30.8 Å². The summed E-state index contributed by atoms with van der Waals surface area (Å²) in [4.78, 5) is 4.13. The van der Waals surface area contributed by atoms with Gasteiger partial charge in [0.05, 0.1) is 0 Å². The summed E-state index contributed by atoms with van der Waals surface area (Å²) in [6, 6.07) is 1.61. The third kappa shape index (κ3) is 2.35. The van der Waals surface area contributed by atoms with Crippen LogP contribution in [-0.2, 0) is 10.0 Å². The molecule has 0 amide bonds. The van der Waals surface area contributed by atoms with E-state index in [9.17, 15) is 8.42 Å². The van der Waals surface area contributed by atoms with E-state index in [0.29, 0.717) is 17.3 Å². The number of nitrogens with zero attached hydrogens (tertiary/aromatic N) is 2. The van der Waals surface area contributed by atoms with E-state index >= 15 is 0 Å². The fraction of sp³-hybridized carbons (Fsp3) is 0.583. The molecule has 18 heavy (non-hydrogen) atoms. The minimum absolute atomic E-state index is 0.0351. The molecule has 2 rings (SSSR count). The lowest BCUT2D eigenvalue weighted by molar-refractivity contribution is 0.357. The zero-order chi connectivity index (χ0) is 13.5. The quantitative estimate of drug-likeness (QED) is 0.896. The molecule has 2 N–H and O–H groups in total. The maximum absolute atomic E-state index is 12.4. The van der Waals surface area contributed by atoms with Gasteiger partial charge < -0.3 is 5.73 Å². The molecular weight excluding hydrogens is 250 g/mol. The lowest BCUT2D eigenvalue weighted by Crippen LogP contribution is -2.36. The molecule has 0 bridgehead atoms. The first-order valence-corrected chi connectivity index (χ1v) is 7.48. The van der Waals surface area contributed by atoms with Gasteiger partial charge in [-0.2, -0.15) is 4.31 Å². The molecule has 1 fully saturated rings. The Morgan fingerprint density at radius 1 is 1.50 bits per heavy atom. The summed E-state index contributed by atoms with van der Waals surface area (Å²) in [5.74, 6) is 0.861. The molecule has 1 heterocycles. The highest BCUT2D eigenvalue weighted by Crippen LogP contribution is 2.36. The van der Waals surface area contributed by atoms with Crippen molar-refractivity contribution in [1.29, 1.82) is 0 Å². The molecule has 0 aromatic carbocycles. The van der Waals surface area contributed by atoms with Gasteiger partial charge in [0, 0.05) is 19.3 Å². The van der Waals surface area contributed by atoms with Crippen molar-refractivity contribution in [2.45, 2.75) is 37.6 Å². The average Bonchev–Trinajstić information content (AvgIpc) is 3.14. The lowest BCUT2D eigenvalue weighted by Gasteiger charge is -2.24. The predicted octanol–water partition coefficient (Wildman–Crippen LogP) is 1.39. The van der Waals surface area contributed by atoms with E-state index in [1.165, 1.54) is 10.5 Å². The zero-order valence-corrected chi connectivity index (χ0v) is 11.7. The third-order valence-electron chi connectivity index (χ3n) is 3.65. The molecule has 0 aliphatic heterocycles. The Hall–Kier alpha value is -1.14. The first kappa shape index (κ1) is 13.3. The van der Waals surface area contributed by atoms with Gasteiger partial charge in [-0.15, -0.1) is 0 Å². The normalized spacial score (nSPS) is 18.0. The molecule has 1 aliphatic carbocycles. The van der Waals surface area contributed by atoms with Crippen LogP contribution in [0.25, 0.3) is 0 Å². The summed E-state index contributed by atoms with van der Waals surface area (Å²) >= 11 is 0. The molecule has 100 valence electrons. The van der Waals surface area contributed by atoms with Gasteiger partial charge in [0.15, 0.2) is 0 Å². The van der Waals surface area contributed by atoms with Crippen LogP contribution in [0.1, 0.15) is 25.3 Å². The number of sulfonamides is 1. The van der Waals surface area contributed by atoms with Crippen molar-refractivity contribution in [3.63, 3.8) is 0 Å². The Balaban J connectivity index is 2.31. The summed E-state index contributed by atoms with van der Waals surface area (Å²) in [6.45, 7) is 3.71. The Morgan fingerprint density at radius 2 is 2.11 bits per heavy atom. The molecule has 1 saturated carbocycles. The smallest absolute Gasteiger partial charge is 0.244 e. The number of anilines is 1. The number of nitrogens with two attached hydrogens (primary N) is 1. The topological polar surface area (TPSA) is 76.3 Å². The SMILES string of the molecule is Cc1cc(S(=O)(=O)N(C)C(C)C2CC2)cnc1N. The van der Waals surface area contributed by atoms with E-state index in [4.69, 9.17) is 5.73 Å². The molecule has 1 aliphatic rings. The highest BCUT2D eigenvalue weighted by molar-refractivity contribution is 7.89. The van der Waals surface area contributed by atoms with Crippen LogP contribution in [0.5, 0.6) is 0 Å². The van der Waals surface area contributed by atoms with Crippen LogP contribution in [0.4, 0.5) is 5.82 Å². The van der Waals surface area contributed by atoms with Gasteiger partial charge in [-0.05, 0) is 44.2 Å². The summed E-state index contributed by atoms with van der Waals surface area (Å²) in [5, 5.41) is 0. The largest absolute Gasteiger partial charge is 0.383 e. The second-order valence-corrected chi connectivity index (χ2v) is 6.97. The maximum atomic E-state index is 12.4. The monoisotopic (exact) mass is 269 g/mol. The molecule has 0 radical (unpaired) electrons. The van der Waals surface area contributed by atoms with Crippen molar-refractivity contribution < 1.29 is 8.42 Å². The molecule has 0 saturated heterocycles. The van der Waals surface area contributed by atoms with E-state index in [1.807, 2.05) is 6.92 Å². The van der Waals surface area contributed by atoms with Gasteiger partial charge in [0.1, 0.15) is 10.7 Å². The first-order valence-electron chi connectivity index (χ1n) is 6.04. The zero-order valence-electron chi connectivity index (χ0n) is 10.9. The summed E-state index contributed by atoms with van der Waals surface area (Å²) in [7, 11) is -1.84. The highest BCUT2D eigenvalue weighted by Gasteiger charge is 2.36. The molecular formula is C12H19N3O2S. The summed E-state index contributed by atoms with van der Waals surface area (Å²) in [6.07, 6.45) is 3.55. The van der Waals surface area contributed by atoms with Gasteiger partial charge in [-0.3, -0.25) is 0 Å². The predicted molar refractivity (Wildman–Crippen MR) is 70.5 cm³/mol. The standard InChI is InChI=1S/C12H19N3O2S/c1-8-6-11(7-14-12(8)13)18(16,17)15(3)9(2)10-4-5-10/h6-7,9-10H,4-5H2,1-3H3,(H2,13,14).